The van der Waals surface area contributed by atoms with Gasteiger partial charge >= 0.3 is 0 Å². The minimum absolute atomic E-state index is 0.0533. The number of ether oxygens (including phenoxy) is 1. The van der Waals surface area contributed by atoms with Crippen molar-refractivity contribution >= 4 is 11.7 Å². The lowest BCUT2D eigenvalue weighted by atomic mass is 10.0. The zero-order valence-corrected chi connectivity index (χ0v) is 13.0. The summed E-state index contributed by atoms with van der Waals surface area (Å²) in [4.78, 5) is 25.0. The van der Waals surface area contributed by atoms with Gasteiger partial charge < -0.3 is 15.0 Å². The van der Waals surface area contributed by atoms with E-state index in [0.29, 0.717) is 19.1 Å². The molecular weight excluding hydrogens is 256 g/mol. The van der Waals surface area contributed by atoms with Crippen molar-refractivity contribution < 1.29 is 14.3 Å². The fourth-order valence-electron chi connectivity index (χ4n) is 2.15. The van der Waals surface area contributed by atoms with Gasteiger partial charge in [0.15, 0.2) is 5.78 Å². The maximum atomic E-state index is 11.6. The summed E-state index contributed by atoms with van der Waals surface area (Å²) in [6, 6.07) is 0.309. The summed E-state index contributed by atoms with van der Waals surface area (Å²) in [5, 5.41) is 3.09. The number of rotatable bonds is 8. The molecule has 1 amide bonds. The van der Waals surface area contributed by atoms with Crippen LogP contribution in [0.5, 0.6) is 0 Å². The lowest BCUT2D eigenvalue weighted by Crippen LogP contribution is -2.46. The molecule has 0 spiro atoms. The van der Waals surface area contributed by atoms with E-state index in [1.165, 1.54) is 0 Å². The zero-order valence-electron chi connectivity index (χ0n) is 13.0. The fraction of sp³-hybridized carbons (Fsp3) is 0.867. The molecule has 5 nitrogen and oxygen atoms in total. The molecule has 1 rings (SSSR count). The van der Waals surface area contributed by atoms with Crippen LogP contribution < -0.4 is 5.32 Å². The van der Waals surface area contributed by atoms with Gasteiger partial charge in [-0.05, 0) is 12.8 Å². The molecule has 1 fully saturated rings. The van der Waals surface area contributed by atoms with Crippen LogP contribution in [0.15, 0.2) is 0 Å². The summed E-state index contributed by atoms with van der Waals surface area (Å²) < 4.78 is 5.35. The summed E-state index contributed by atoms with van der Waals surface area (Å²) in [6.45, 7) is 9.34. The molecule has 20 heavy (non-hydrogen) atoms. The van der Waals surface area contributed by atoms with Crippen molar-refractivity contribution in [3.63, 3.8) is 0 Å². The number of nitrogens with zero attached hydrogens (tertiary/aromatic N) is 1. The first-order valence-corrected chi connectivity index (χ1v) is 7.65. The molecule has 116 valence electrons. The van der Waals surface area contributed by atoms with Gasteiger partial charge in [0.05, 0.1) is 6.61 Å². The summed E-state index contributed by atoms with van der Waals surface area (Å²) in [5.74, 6) is 0.350. The van der Waals surface area contributed by atoms with Gasteiger partial charge in [-0.3, -0.25) is 9.59 Å². The van der Waals surface area contributed by atoms with Gasteiger partial charge in [-0.25, -0.2) is 0 Å². The highest BCUT2D eigenvalue weighted by atomic mass is 16.5. The van der Waals surface area contributed by atoms with Crippen molar-refractivity contribution in [3.05, 3.63) is 0 Å². The third kappa shape index (κ3) is 6.48. The van der Waals surface area contributed by atoms with Crippen LogP contribution in [0.25, 0.3) is 0 Å². The molecule has 1 aliphatic rings. The molecule has 0 aromatic heterocycles. The minimum atomic E-state index is 0.0533. The Morgan fingerprint density at radius 2 is 1.95 bits per heavy atom. The van der Waals surface area contributed by atoms with Crippen LogP contribution in [0, 0.1) is 5.92 Å². The molecule has 1 heterocycles. The maximum Gasteiger partial charge on any atom is 0.222 e. The number of Topliss-reactive ketones (excluding diaryl/α,β-unsaturated/α-hetero) is 1. The van der Waals surface area contributed by atoms with Crippen LogP contribution >= 0.6 is 0 Å². The predicted molar refractivity (Wildman–Crippen MR) is 78.6 cm³/mol. The monoisotopic (exact) mass is 284 g/mol. The van der Waals surface area contributed by atoms with Crippen LogP contribution in [0.1, 0.15) is 40.0 Å². The molecular formula is C15H28N2O3. The molecule has 0 bridgehead atoms. The largest absolute Gasteiger partial charge is 0.372 e. The lowest BCUT2D eigenvalue weighted by molar-refractivity contribution is -0.125. The Kier molecular flexibility index (Phi) is 7.77. The number of carbonyl (C=O) groups excluding carboxylic acids is 2. The van der Waals surface area contributed by atoms with Crippen molar-refractivity contribution in [3.8, 4) is 0 Å². The number of hydrogen-bond acceptors (Lipinski definition) is 4. The number of ketones is 1. The molecule has 0 radical (unpaired) electrons. The van der Waals surface area contributed by atoms with Crippen LogP contribution in [-0.4, -0.2) is 55.5 Å². The maximum absolute atomic E-state index is 11.6. The lowest BCUT2D eigenvalue weighted by Gasteiger charge is -2.32. The third-order valence-electron chi connectivity index (χ3n) is 3.67. The van der Waals surface area contributed by atoms with E-state index >= 15 is 0 Å². The second-order valence-corrected chi connectivity index (χ2v) is 5.72. The van der Waals surface area contributed by atoms with Gasteiger partial charge in [-0.15, -0.1) is 0 Å². The number of nitrogens with one attached hydrogen (secondary N) is 1. The van der Waals surface area contributed by atoms with Crippen LogP contribution in [0.4, 0.5) is 0 Å². The highest BCUT2D eigenvalue weighted by molar-refractivity contribution is 5.79. The Morgan fingerprint density at radius 1 is 1.30 bits per heavy atom. The number of piperidine rings is 1. The third-order valence-corrected chi connectivity index (χ3v) is 3.67. The summed E-state index contributed by atoms with van der Waals surface area (Å²) in [5.41, 5.74) is 0. The average molecular weight is 284 g/mol. The van der Waals surface area contributed by atoms with Crippen LogP contribution in [0.3, 0.4) is 0 Å². The van der Waals surface area contributed by atoms with Gasteiger partial charge in [0.25, 0.3) is 0 Å². The highest BCUT2D eigenvalue weighted by Crippen LogP contribution is 2.10. The van der Waals surface area contributed by atoms with Crippen molar-refractivity contribution in [1.82, 2.24) is 10.2 Å². The Morgan fingerprint density at radius 3 is 2.50 bits per heavy atom. The van der Waals surface area contributed by atoms with Gasteiger partial charge in [-0.2, -0.15) is 0 Å². The standard InChI is InChI=1S/C15H28N2O3/c1-4-14(18)11-20-10-9-17-7-5-13(6-8-17)16-15(19)12(2)3/h12-13H,4-11H2,1-3H3,(H,16,19). The quantitative estimate of drug-likeness (QED) is 0.681. The first-order valence-electron chi connectivity index (χ1n) is 7.65. The second-order valence-electron chi connectivity index (χ2n) is 5.72. The van der Waals surface area contributed by atoms with E-state index in [2.05, 4.69) is 10.2 Å². The molecule has 0 aliphatic carbocycles. The first kappa shape index (κ1) is 17.1. The molecule has 0 aromatic carbocycles. The Bertz CT molecular complexity index is 310. The summed E-state index contributed by atoms with van der Waals surface area (Å²) in [6.07, 6.45) is 2.53. The van der Waals surface area contributed by atoms with E-state index in [9.17, 15) is 9.59 Å². The SMILES string of the molecule is CCC(=O)COCCN1CCC(NC(=O)C(C)C)CC1. The van der Waals surface area contributed by atoms with Crippen LogP contribution in [0.2, 0.25) is 0 Å². The van der Waals surface area contributed by atoms with Crippen molar-refractivity contribution in [2.24, 2.45) is 5.92 Å². The number of carbonyl (C=O) groups is 2. The van der Waals surface area contributed by atoms with Crippen molar-refractivity contribution in [2.45, 2.75) is 46.1 Å². The number of amides is 1. The van der Waals surface area contributed by atoms with E-state index < -0.39 is 0 Å². The van der Waals surface area contributed by atoms with Crippen molar-refractivity contribution in [2.75, 3.05) is 32.8 Å². The second kappa shape index (κ2) is 9.08. The summed E-state index contributed by atoms with van der Waals surface area (Å²) >= 11 is 0. The van der Waals surface area contributed by atoms with Crippen molar-refractivity contribution in [1.29, 1.82) is 0 Å². The molecule has 0 saturated carbocycles. The van der Waals surface area contributed by atoms with E-state index in [1.807, 2.05) is 20.8 Å². The van der Waals surface area contributed by atoms with Gasteiger partial charge in [0.1, 0.15) is 6.61 Å². The fourth-order valence-corrected chi connectivity index (χ4v) is 2.15. The first-order chi connectivity index (χ1) is 9.52. The molecule has 0 aromatic rings. The molecule has 1 aliphatic heterocycles. The predicted octanol–water partition coefficient (Wildman–Crippen LogP) is 1.22. The average Bonchev–Trinajstić information content (AvgIpc) is 2.44. The smallest absolute Gasteiger partial charge is 0.222 e. The van der Waals surface area contributed by atoms with Gasteiger partial charge in [-0.1, -0.05) is 20.8 Å². The van der Waals surface area contributed by atoms with Gasteiger partial charge in [0, 0.05) is 38.0 Å². The van der Waals surface area contributed by atoms with E-state index in [1.54, 1.807) is 0 Å². The van der Waals surface area contributed by atoms with Gasteiger partial charge in [0.2, 0.25) is 5.91 Å². The molecule has 0 atom stereocenters. The number of likely N-dealkylation sites (tertiary alicyclic amines) is 1. The Labute approximate surface area is 122 Å². The normalized spacial score (nSPS) is 17.4. The Hall–Kier alpha value is -0.940. The summed E-state index contributed by atoms with van der Waals surface area (Å²) in [7, 11) is 0. The van der Waals surface area contributed by atoms with Crippen LogP contribution in [-0.2, 0) is 14.3 Å². The van der Waals surface area contributed by atoms with E-state index in [0.717, 1.165) is 32.5 Å². The highest BCUT2D eigenvalue weighted by Gasteiger charge is 2.21. The Balaban J connectivity index is 2.10. The molecule has 5 heteroatoms. The minimum Gasteiger partial charge on any atom is -0.372 e. The molecule has 1 saturated heterocycles. The molecule has 1 N–H and O–H groups in total. The van der Waals surface area contributed by atoms with E-state index in [-0.39, 0.29) is 24.2 Å². The molecule has 0 unspecified atom stereocenters. The topological polar surface area (TPSA) is 58.6 Å². The van der Waals surface area contributed by atoms with E-state index in [4.69, 9.17) is 4.74 Å². The zero-order chi connectivity index (χ0) is 15.0. The number of hydrogen-bond donors (Lipinski definition) is 1.